The van der Waals surface area contributed by atoms with Crippen LogP contribution in [0.5, 0.6) is 11.5 Å². The van der Waals surface area contributed by atoms with Crippen LogP contribution in [0.2, 0.25) is 0 Å². The lowest BCUT2D eigenvalue weighted by atomic mass is 10.1. The van der Waals surface area contributed by atoms with Crippen LogP contribution in [0, 0.1) is 6.92 Å². The molecule has 3 rings (SSSR count). The number of rotatable bonds is 9. The largest absolute Gasteiger partial charge is 0.493 e. The number of aromatic nitrogens is 2. The lowest BCUT2D eigenvalue weighted by molar-refractivity contribution is 0.0502. The van der Waals surface area contributed by atoms with Gasteiger partial charge in [0.05, 0.1) is 25.1 Å². The van der Waals surface area contributed by atoms with Crippen molar-refractivity contribution in [2.75, 3.05) is 26.9 Å². The number of amides is 1. The fourth-order valence-electron chi connectivity index (χ4n) is 3.22. The van der Waals surface area contributed by atoms with Gasteiger partial charge >= 0.3 is 0 Å². The van der Waals surface area contributed by atoms with Crippen LogP contribution < -0.4 is 9.47 Å². The van der Waals surface area contributed by atoms with Crippen LogP contribution in [0.25, 0.3) is 0 Å². The zero-order chi connectivity index (χ0) is 20.6. The molecular formula is C22H27N3O4. The quantitative estimate of drug-likeness (QED) is 0.605. The van der Waals surface area contributed by atoms with Crippen molar-refractivity contribution < 1.29 is 19.0 Å². The first-order chi connectivity index (χ1) is 14.1. The number of hydrogen-bond acceptors (Lipinski definition) is 6. The van der Waals surface area contributed by atoms with Crippen molar-refractivity contribution in [2.45, 2.75) is 32.4 Å². The summed E-state index contributed by atoms with van der Waals surface area (Å²) in [6.07, 6.45) is 6.80. The molecule has 1 amide bonds. The molecule has 1 saturated heterocycles. The third-order valence-electron chi connectivity index (χ3n) is 4.69. The summed E-state index contributed by atoms with van der Waals surface area (Å²) in [5.41, 5.74) is 2.03. The molecule has 1 aromatic carbocycles. The number of nitrogens with zero attached hydrogens (tertiary/aromatic N) is 3. The average Bonchev–Trinajstić information content (AvgIpc) is 3.25. The zero-order valence-corrected chi connectivity index (χ0v) is 17.0. The second kappa shape index (κ2) is 10.0. The smallest absolute Gasteiger partial charge is 0.274 e. The Labute approximate surface area is 171 Å². The number of carbonyl (C=O) groups is 1. The third-order valence-corrected chi connectivity index (χ3v) is 4.69. The minimum atomic E-state index is -0.168. The van der Waals surface area contributed by atoms with Gasteiger partial charge in [-0.15, -0.1) is 0 Å². The van der Waals surface area contributed by atoms with Crippen molar-refractivity contribution in [1.82, 2.24) is 14.9 Å². The lowest BCUT2D eigenvalue weighted by Gasteiger charge is -2.25. The second-order valence-corrected chi connectivity index (χ2v) is 6.95. The summed E-state index contributed by atoms with van der Waals surface area (Å²) in [7, 11) is 1.59. The summed E-state index contributed by atoms with van der Waals surface area (Å²) < 4.78 is 16.8. The van der Waals surface area contributed by atoms with Gasteiger partial charge in [0.25, 0.3) is 5.91 Å². The van der Waals surface area contributed by atoms with Gasteiger partial charge in [0.2, 0.25) is 0 Å². The van der Waals surface area contributed by atoms with Crippen LogP contribution in [0.1, 0.15) is 34.6 Å². The molecule has 0 aliphatic carbocycles. The lowest BCUT2D eigenvalue weighted by Crippen LogP contribution is -2.37. The fourth-order valence-corrected chi connectivity index (χ4v) is 3.22. The molecule has 154 valence electrons. The summed E-state index contributed by atoms with van der Waals surface area (Å²) in [4.78, 5) is 23.3. The van der Waals surface area contributed by atoms with Gasteiger partial charge in [-0.2, -0.15) is 0 Å². The Morgan fingerprint density at radius 1 is 1.34 bits per heavy atom. The molecule has 2 aromatic rings. The molecule has 29 heavy (non-hydrogen) atoms. The maximum atomic E-state index is 13.1. The van der Waals surface area contributed by atoms with E-state index in [2.05, 4.69) is 16.5 Å². The molecule has 0 saturated carbocycles. The Morgan fingerprint density at radius 3 is 2.86 bits per heavy atom. The van der Waals surface area contributed by atoms with E-state index in [1.165, 1.54) is 6.20 Å². The molecular weight excluding hydrogens is 370 g/mol. The van der Waals surface area contributed by atoms with E-state index in [1.54, 1.807) is 24.3 Å². The number of hydrogen-bond donors (Lipinski definition) is 0. The number of benzene rings is 1. The Hall–Kier alpha value is -2.93. The number of methoxy groups -OCH3 is 1. The minimum absolute atomic E-state index is 0.0365. The van der Waals surface area contributed by atoms with Gasteiger partial charge in [0, 0.05) is 25.9 Å². The van der Waals surface area contributed by atoms with E-state index in [0.717, 1.165) is 30.7 Å². The molecule has 0 spiro atoms. The first-order valence-electron chi connectivity index (χ1n) is 9.71. The first kappa shape index (κ1) is 20.8. The van der Waals surface area contributed by atoms with Crippen LogP contribution in [0.3, 0.4) is 0 Å². The normalized spacial score (nSPS) is 15.7. The van der Waals surface area contributed by atoms with E-state index in [4.69, 9.17) is 14.2 Å². The predicted octanol–water partition coefficient (Wildman–Crippen LogP) is 3.18. The van der Waals surface area contributed by atoms with Crippen LogP contribution in [0.4, 0.5) is 0 Å². The van der Waals surface area contributed by atoms with Crippen molar-refractivity contribution in [1.29, 1.82) is 0 Å². The molecule has 1 aliphatic rings. The van der Waals surface area contributed by atoms with Gasteiger partial charge in [-0.1, -0.05) is 18.7 Å². The van der Waals surface area contributed by atoms with Crippen LogP contribution in [0.15, 0.2) is 43.2 Å². The third kappa shape index (κ3) is 5.54. The van der Waals surface area contributed by atoms with Crippen molar-refractivity contribution in [3.05, 3.63) is 60.2 Å². The molecule has 1 aromatic heterocycles. The van der Waals surface area contributed by atoms with E-state index in [1.807, 2.05) is 25.1 Å². The van der Waals surface area contributed by atoms with Crippen LogP contribution >= 0.6 is 0 Å². The van der Waals surface area contributed by atoms with E-state index in [0.29, 0.717) is 36.9 Å². The van der Waals surface area contributed by atoms with Gasteiger partial charge in [0.1, 0.15) is 12.3 Å². The molecule has 1 fully saturated rings. The van der Waals surface area contributed by atoms with E-state index >= 15 is 0 Å². The molecule has 2 heterocycles. The number of ether oxygens (including phenoxy) is 3. The van der Waals surface area contributed by atoms with Gasteiger partial charge in [-0.25, -0.2) is 4.98 Å². The molecule has 7 nitrogen and oxygen atoms in total. The van der Waals surface area contributed by atoms with Gasteiger partial charge in [-0.3, -0.25) is 9.78 Å². The Kier molecular flexibility index (Phi) is 7.19. The molecule has 0 radical (unpaired) electrons. The van der Waals surface area contributed by atoms with E-state index in [-0.39, 0.29) is 12.0 Å². The minimum Gasteiger partial charge on any atom is -0.493 e. The molecule has 0 N–H and O–H groups in total. The van der Waals surface area contributed by atoms with Gasteiger partial charge in [-0.05, 0) is 37.5 Å². The van der Waals surface area contributed by atoms with Crippen molar-refractivity contribution in [3.63, 3.8) is 0 Å². The van der Waals surface area contributed by atoms with Crippen molar-refractivity contribution in [3.8, 4) is 11.5 Å². The highest BCUT2D eigenvalue weighted by atomic mass is 16.5. The topological polar surface area (TPSA) is 73.8 Å². The maximum Gasteiger partial charge on any atom is 0.274 e. The maximum absolute atomic E-state index is 13.1. The molecule has 0 bridgehead atoms. The highest BCUT2D eigenvalue weighted by Crippen LogP contribution is 2.29. The SMILES string of the molecule is C=CCOc1ccc(CN(C[C@H]2CCCO2)C(=O)c2cnc(C)cn2)cc1OC. The predicted molar refractivity (Wildman–Crippen MR) is 109 cm³/mol. The second-order valence-electron chi connectivity index (χ2n) is 6.95. The highest BCUT2D eigenvalue weighted by Gasteiger charge is 2.25. The number of carbonyl (C=O) groups excluding carboxylic acids is 1. The summed E-state index contributed by atoms with van der Waals surface area (Å²) in [5, 5.41) is 0. The highest BCUT2D eigenvalue weighted by molar-refractivity contribution is 5.92. The number of aryl methyl sites for hydroxylation is 1. The van der Waals surface area contributed by atoms with Crippen molar-refractivity contribution >= 4 is 5.91 Å². The molecule has 7 heteroatoms. The summed E-state index contributed by atoms with van der Waals surface area (Å²) >= 11 is 0. The van der Waals surface area contributed by atoms with E-state index in [9.17, 15) is 4.79 Å². The van der Waals surface area contributed by atoms with Gasteiger partial charge in [0.15, 0.2) is 11.5 Å². The van der Waals surface area contributed by atoms with Crippen LogP contribution in [-0.4, -0.2) is 53.7 Å². The Bertz CT molecular complexity index is 832. The zero-order valence-electron chi connectivity index (χ0n) is 17.0. The van der Waals surface area contributed by atoms with Gasteiger partial charge < -0.3 is 19.1 Å². The standard InChI is InChI=1S/C22H27N3O4/c1-4-9-29-20-8-7-17(11-21(20)27-3)14-25(15-18-6-5-10-28-18)22(26)19-13-23-16(2)12-24-19/h4,7-8,11-13,18H,1,5-6,9-10,14-15H2,2-3H3/t18-/m1/s1. The molecule has 0 unspecified atom stereocenters. The van der Waals surface area contributed by atoms with Crippen LogP contribution in [-0.2, 0) is 11.3 Å². The fraction of sp³-hybridized carbons (Fsp3) is 0.409. The Balaban J connectivity index is 1.81. The Morgan fingerprint density at radius 2 is 2.21 bits per heavy atom. The summed E-state index contributed by atoms with van der Waals surface area (Å²) in [6, 6.07) is 5.66. The van der Waals surface area contributed by atoms with Crippen molar-refractivity contribution in [2.24, 2.45) is 0 Å². The summed E-state index contributed by atoms with van der Waals surface area (Å²) in [5.74, 6) is 1.08. The summed E-state index contributed by atoms with van der Waals surface area (Å²) in [6.45, 7) is 7.54. The molecule has 1 aliphatic heterocycles. The monoisotopic (exact) mass is 397 g/mol. The average molecular weight is 397 g/mol. The van der Waals surface area contributed by atoms with E-state index < -0.39 is 0 Å². The molecule has 1 atom stereocenters. The first-order valence-corrected chi connectivity index (χ1v) is 9.71.